The second kappa shape index (κ2) is 3.72. The average molecular weight is 122 g/mol. The molecule has 0 atom stereocenters. The number of hydrazine groups is 2. The Morgan fingerprint density at radius 3 is 2.43 bits per heavy atom. The Labute approximate surface area is 46.1 Å². The Hall–Kier alpha value is -0.460. The van der Waals surface area contributed by atoms with Crippen LogP contribution in [0.3, 0.4) is 0 Å². The summed E-state index contributed by atoms with van der Waals surface area (Å²) in [4.78, 5) is 12.0. The summed E-state index contributed by atoms with van der Waals surface area (Å²) >= 11 is 3.44. The van der Waals surface area contributed by atoms with Gasteiger partial charge in [-0.3, -0.25) is 10.9 Å². The number of hydrogen-bond donors (Lipinski definition) is 5. The van der Waals surface area contributed by atoms with E-state index in [1.165, 1.54) is 0 Å². The molecule has 0 aromatic heterocycles. The molecule has 0 aliphatic rings. The van der Waals surface area contributed by atoms with E-state index in [-0.39, 0.29) is 0 Å². The largest absolute Gasteiger partial charge is 0.343 e. The second-order valence-corrected chi connectivity index (χ2v) is 0.934. The average Bonchev–Trinajstić information content (AvgIpc) is 1.68. The molecule has 6 heteroatoms. The van der Waals surface area contributed by atoms with Crippen LogP contribution in [0.5, 0.6) is 0 Å². The predicted molar refractivity (Wildman–Crippen MR) is 28.0 cm³/mol. The van der Waals surface area contributed by atoms with Crippen LogP contribution in [-0.4, -0.2) is 6.03 Å². The molecule has 0 radical (unpaired) electrons. The van der Waals surface area contributed by atoms with Gasteiger partial charge in [-0.1, -0.05) is 12.8 Å². The highest BCUT2D eigenvalue weighted by Gasteiger charge is 1.87. The van der Waals surface area contributed by atoms with Crippen LogP contribution in [0.25, 0.3) is 0 Å². The molecular weight excluding hydrogens is 116 g/mol. The monoisotopic (exact) mass is 122 g/mol. The van der Waals surface area contributed by atoms with Crippen LogP contribution in [0.4, 0.5) is 4.79 Å². The highest BCUT2D eigenvalue weighted by atomic mass is 32.1. The topological polar surface area (TPSA) is 79.2 Å². The van der Waals surface area contributed by atoms with Crippen molar-refractivity contribution in [2.24, 2.45) is 5.84 Å². The normalized spacial score (nSPS) is 7.71. The van der Waals surface area contributed by atoms with Crippen molar-refractivity contribution >= 4 is 18.8 Å². The zero-order valence-corrected chi connectivity index (χ0v) is 4.33. The van der Waals surface area contributed by atoms with E-state index in [1.54, 1.807) is 5.43 Å². The van der Waals surface area contributed by atoms with Crippen molar-refractivity contribution in [2.75, 3.05) is 0 Å². The number of thiol groups is 1. The van der Waals surface area contributed by atoms with Gasteiger partial charge in [0.15, 0.2) is 0 Å². The van der Waals surface area contributed by atoms with E-state index in [1.807, 2.05) is 5.43 Å². The van der Waals surface area contributed by atoms with Gasteiger partial charge in [0, 0.05) is 0 Å². The van der Waals surface area contributed by atoms with Gasteiger partial charge in [-0.2, -0.15) is 4.83 Å². The second-order valence-electron chi connectivity index (χ2n) is 0.710. The minimum atomic E-state index is -0.532. The molecule has 0 unspecified atom stereocenters. The molecule has 0 saturated heterocycles. The molecule has 0 fully saturated rings. The first-order valence-corrected chi connectivity index (χ1v) is 1.91. The van der Waals surface area contributed by atoms with Crippen molar-refractivity contribution in [2.45, 2.75) is 0 Å². The molecule has 2 amide bonds. The number of rotatable bonds is 1. The van der Waals surface area contributed by atoms with Gasteiger partial charge in [0.2, 0.25) is 0 Å². The zero-order valence-electron chi connectivity index (χ0n) is 3.43. The lowest BCUT2D eigenvalue weighted by molar-refractivity contribution is 0.240. The smallest absolute Gasteiger partial charge is 0.275 e. The zero-order chi connectivity index (χ0) is 5.70. The van der Waals surface area contributed by atoms with E-state index in [4.69, 9.17) is 0 Å². The summed E-state index contributed by atoms with van der Waals surface area (Å²) in [5.74, 6) is 4.62. The molecule has 0 aliphatic heterocycles. The van der Waals surface area contributed by atoms with Crippen LogP contribution in [0.2, 0.25) is 0 Å². The van der Waals surface area contributed by atoms with Gasteiger partial charge in [-0.15, -0.1) is 0 Å². The molecule has 5 N–H and O–H groups in total. The summed E-state index contributed by atoms with van der Waals surface area (Å²) in [7, 11) is 0. The summed E-state index contributed by atoms with van der Waals surface area (Å²) in [5, 5.41) is 0. The third kappa shape index (κ3) is 3.37. The number of carbonyl (C=O) groups is 1. The maximum absolute atomic E-state index is 9.95. The molecule has 0 bridgehead atoms. The highest BCUT2D eigenvalue weighted by molar-refractivity contribution is 7.78. The number of urea groups is 1. The lowest BCUT2D eigenvalue weighted by atomic mass is 11.1. The fraction of sp³-hybridized carbons (Fsp3) is 0. The molecule has 0 aromatic carbocycles. The molecule has 0 saturated carbocycles. The highest BCUT2D eigenvalue weighted by Crippen LogP contribution is 1.52. The lowest BCUT2D eigenvalue weighted by Gasteiger charge is -1.96. The van der Waals surface area contributed by atoms with Crippen molar-refractivity contribution in [3.05, 3.63) is 0 Å². The van der Waals surface area contributed by atoms with Crippen LogP contribution < -0.4 is 21.5 Å². The van der Waals surface area contributed by atoms with E-state index in [9.17, 15) is 4.79 Å². The lowest BCUT2D eigenvalue weighted by Crippen LogP contribution is -2.43. The van der Waals surface area contributed by atoms with Gasteiger partial charge >= 0.3 is 6.03 Å². The quantitative estimate of drug-likeness (QED) is 0.127. The number of nitrogens with two attached hydrogens (primary N) is 1. The predicted octanol–water partition coefficient (Wildman–Crippen LogP) is -1.49. The van der Waals surface area contributed by atoms with E-state index in [0.717, 1.165) is 0 Å². The van der Waals surface area contributed by atoms with E-state index >= 15 is 0 Å². The molecule has 0 heterocycles. The fourth-order valence-corrected chi connectivity index (χ4v) is 0.188. The molecule has 5 nitrogen and oxygen atoms in total. The van der Waals surface area contributed by atoms with Gasteiger partial charge in [0.05, 0.1) is 0 Å². The maximum Gasteiger partial charge on any atom is 0.343 e. The minimum Gasteiger partial charge on any atom is -0.275 e. The first-order valence-electron chi connectivity index (χ1n) is 1.47. The van der Waals surface area contributed by atoms with Crippen molar-refractivity contribution in [1.29, 1.82) is 0 Å². The Morgan fingerprint density at radius 2 is 2.29 bits per heavy atom. The summed E-state index contributed by atoms with van der Waals surface area (Å²) in [5.41, 5.74) is 3.84. The Kier molecular flexibility index (Phi) is 3.48. The molecule has 0 rings (SSSR count). The number of carbonyl (C=O) groups excluding carboxylic acids is 1. The summed E-state index contributed by atoms with van der Waals surface area (Å²) in [6.07, 6.45) is 0. The third-order valence-electron chi connectivity index (χ3n) is 0.301. The first kappa shape index (κ1) is 6.54. The summed E-state index contributed by atoms with van der Waals surface area (Å²) < 4.78 is 0. The first-order chi connectivity index (χ1) is 3.31. The van der Waals surface area contributed by atoms with Gasteiger partial charge in [0.1, 0.15) is 0 Å². The van der Waals surface area contributed by atoms with Crippen molar-refractivity contribution in [3.8, 4) is 0 Å². The number of amides is 2. The van der Waals surface area contributed by atoms with Gasteiger partial charge in [0.25, 0.3) is 0 Å². The molecule has 0 aromatic rings. The van der Waals surface area contributed by atoms with E-state index in [2.05, 4.69) is 23.5 Å². The van der Waals surface area contributed by atoms with Crippen LogP contribution in [0, 0.1) is 0 Å². The molecular formula is CH6N4OS. The standard InChI is InChI=1S/CH6N4OS/c2-3-1(6)4-5-7/h5,7H,2H2,(H2,3,4,6). The molecule has 0 aliphatic carbocycles. The minimum absolute atomic E-state index is 0.532. The van der Waals surface area contributed by atoms with Gasteiger partial charge in [-0.25, -0.2) is 10.6 Å². The third-order valence-corrected chi connectivity index (χ3v) is 0.412. The Bertz CT molecular complexity index is 64.7. The maximum atomic E-state index is 9.95. The van der Waals surface area contributed by atoms with E-state index in [0.29, 0.717) is 0 Å². The summed E-state index contributed by atoms with van der Waals surface area (Å²) in [6, 6.07) is -0.532. The van der Waals surface area contributed by atoms with Crippen molar-refractivity contribution < 1.29 is 4.79 Å². The van der Waals surface area contributed by atoms with Gasteiger partial charge in [-0.05, 0) is 0 Å². The molecule has 42 valence electrons. The SMILES string of the molecule is NNC(=O)NNS. The number of hydrogen-bond acceptors (Lipinski definition) is 4. The molecule has 7 heavy (non-hydrogen) atoms. The van der Waals surface area contributed by atoms with Crippen LogP contribution in [0.15, 0.2) is 0 Å². The van der Waals surface area contributed by atoms with Crippen LogP contribution in [0.1, 0.15) is 0 Å². The van der Waals surface area contributed by atoms with Crippen molar-refractivity contribution in [1.82, 2.24) is 15.7 Å². The Balaban J connectivity index is 3.00. The van der Waals surface area contributed by atoms with Crippen LogP contribution in [-0.2, 0) is 0 Å². The molecule has 0 spiro atoms. The van der Waals surface area contributed by atoms with Crippen LogP contribution >= 0.6 is 12.8 Å². The van der Waals surface area contributed by atoms with Gasteiger partial charge < -0.3 is 0 Å². The summed E-state index contributed by atoms with van der Waals surface area (Å²) in [6.45, 7) is 0. The fourth-order valence-electron chi connectivity index (χ4n) is 0.0869. The van der Waals surface area contributed by atoms with Crippen molar-refractivity contribution in [3.63, 3.8) is 0 Å². The Morgan fingerprint density at radius 1 is 1.71 bits per heavy atom. The van der Waals surface area contributed by atoms with E-state index < -0.39 is 6.03 Å². The number of nitrogens with one attached hydrogen (secondary N) is 3.